The summed E-state index contributed by atoms with van der Waals surface area (Å²) in [7, 11) is -2.86. The fraction of sp³-hybridized carbons (Fsp3) is 1.00. The molecule has 5 N–H and O–H groups in total. The summed E-state index contributed by atoms with van der Waals surface area (Å²) in [6, 6.07) is 0. The predicted octanol–water partition coefficient (Wildman–Crippen LogP) is -0.0959. The third kappa shape index (κ3) is 10.9. The Morgan fingerprint density at radius 2 is 1.90 bits per heavy atom. The average molecular weight is 173 g/mol. The summed E-state index contributed by atoms with van der Waals surface area (Å²) in [6.07, 6.45) is 0. The second-order valence-corrected chi connectivity index (χ2v) is 2.56. The molecule has 0 atom stereocenters. The van der Waals surface area contributed by atoms with Crippen molar-refractivity contribution in [3.63, 3.8) is 0 Å². The van der Waals surface area contributed by atoms with E-state index in [4.69, 9.17) is 9.79 Å². The van der Waals surface area contributed by atoms with Crippen molar-refractivity contribution in [3.8, 4) is 0 Å². The van der Waals surface area contributed by atoms with Crippen LogP contribution in [-0.4, -0.2) is 30.1 Å². The fourth-order valence-electron chi connectivity index (χ4n) is 0.240. The summed E-state index contributed by atoms with van der Waals surface area (Å²) in [4.78, 5) is 16.2. The van der Waals surface area contributed by atoms with Gasteiger partial charge in [-0.2, -0.15) is 0 Å². The molecule has 0 saturated heterocycles. The van der Waals surface area contributed by atoms with E-state index in [1.54, 1.807) is 0 Å². The lowest BCUT2D eigenvalue weighted by Gasteiger charge is -2.02. The van der Waals surface area contributed by atoms with Gasteiger partial charge in [0.1, 0.15) is 0 Å². The lowest BCUT2D eigenvalue weighted by Crippen LogP contribution is -1.99. The Bertz CT molecular complexity index is 111. The smallest absolute Gasteiger partial charge is 0.382 e. The first-order chi connectivity index (χ1) is 4.06. The number of methoxy groups -OCH3 is 1. The van der Waals surface area contributed by atoms with Gasteiger partial charge in [0.2, 0.25) is 0 Å². The van der Waals surface area contributed by atoms with Crippen LogP contribution in [0, 0.1) is 0 Å². The summed E-state index contributed by atoms with van der Waals surface area (Å²) >= 11 is 0. The van der Waals surface area contributed by atoms with Gasteiger partial charge in [-0.1, -0.05) is 0 Å². The van der Waals surface area contributed by atoms with Gasteiger partial charge in [-0.3, -0.25) is 4.52 Å². The summed E-state index contributed by atoms with van der Waals surface area (Å²) < 4.78 is 18.4. The van der Waals surface area contributed by atoms with Crippen LogP contribution in [0.1, 0.15) is 0 Å². The molecule has 0 rings (SSSR count). The van der Waals surface area contributed by atoms with E-state index in [9.17, 15) is 4.57 Å². The fourth-order valence-corrected chi connectivity index (χ4v) is 0.552. The van der Waals surface area contributed by atoms with Gasteiger partial charge in [-0.15, -0.1) is 0 Å². The van der Waals surface area contributed by atoms with Crippen LogP contribution < -0.4 is 6.15 Å². The summed E-state index contributed by atoms with van der Waals surface area (Å²) in [5.74, 6) is 0. The van der Waals surface area contributed by atoms with Crippen molar-refractivity contribution in [1.29, 1.82) is 0 Å². The molecule has 0 heterocycles. The molecule has 0 saturated carbocycles. The molecule has 0 bridgehead atoms. The largest absolute Gasteiger partial charge is 0.469 e. The lowest BCUT2D eigenvalue weighted by molar-refractivity contribution is 0.120. The molecule has 10 heavy (non-hydrogen) atoms. The third-order valence-corrected chi connectivity index (χ3v) is 1.07. The van der Waals surface area contributed by atoms with E-state index in [1.807, 2.05) is 0 Å². The van der Waals surface area contributed by atoms with Crippen molar-refractivity contribution in [3.05, 3.63) is 0 Å². The van der Waals surface area contributed by atoms with E-state index >= 15 is 0 Å². The second-order valence-electron chi connectivity index (χ2n) is 1.32. The quantitative estimate of drug-likeness (QED) is 0.404. The number of hydrogen-bond acceptors (Lipinski definition) is 4. The summed E-state index contributed by atoms with van der Waals surface area (Å²) in [5.41, 5.74) is 0. The Hall–Kier alpha value is 0.0300. The Morgan fingerprint density at radius 3 is 2.20 bits per heavy atom. The van der Waals surface area contributed by atoms with E-state index in [0.717, 1.165) is 0 Å². The highest BCUT2D eigenvalue weighted by Gasteiger charge is 2.11. The molecule has 0 aliphatic carbocycles. The lowest BCUT2D eigenvalue weighted by atomic mass is 10.8. The number of phosphoric ester groups is 1. The highest BCUT2D eigenvalue weighted by atomic mass is 31.2. The first kappa shape index (κ1) is 12.7. The molecule has 0 aromatic rings. The van der Waals surface area contributed by atoms with Crippen molar-refractivity contribution in [2.45, 2.75) is 0 Å². The van der Waals surface area contributed by atoms with Crippen LogP contribution in [0.5, 0.6) is 0 Å². The Morgan fingerprint density at radius 1 is 1.40 bits per heavy atom. The van der Waals surface area contributed by atoms with E-state index < -0.39 is 7.82 Å². The Labute approximate surface area is 59.0 Å². The van der Waals surface area contributed by atoms with Gasteiger partial charge in [-0.25, -0.2) is 4.57 Å². The van der Waals surface area contributed by atoms with E-state index in [2.05, 4.69) is 9.26 Å². The van der Waals surface area contributed by atoms with E-state index in [0.29, 0.717) is 0 Å². The van der Waals surface area contributed by atoms with Crippen LogP contribution in [0.2, 0.25) is 0 Å². The maximum Gasteiger partial charge on any atom is 0.469 e. The van der Waals surface area contributed by atoms with Crippen LogP contribution in [-0.2, 0) is 13.8 Å². The zero-order valence-electron chi connectivity index (χ0n) is 5.69. The molecular formula is C3H12NO5P. The van der Waals surface area contributed by atoms with Crippen LogP contribution in [0.25, 0.3) is 0 Å². The van der Waals surface area contributed by atoms with Crippen molar-refractivity contribution < 1.29 is 23.6 Å². The number of rotatable bonds is 4. The van der Waals surface area contributed by atoms with Gasteiger partial charge in [0, 0.05) is 7.11 Å². The normalized spacial score (nSPS) is 10.7. The van der Waals surface area contributed by atoms with Crippen LogP contribution in [0.3, 0.4) is 0 Å². The SMILES string of the molecule is COCCOP(=O)(O)O.N. The highest BCUT2D eigenvalue weighted by Crippen LogP contribution is 2.35. The zero-order valence-corrected chi connectivity index (χ0v) is 6.58. The summed E-state index contributed by atoms with van der Waals surface area (Å²) in [5, 5.41) is 0. The van der Waals surface area contributed by atoms with Crippen molar-refractivity contribution in [1.82, 2.24) is 6.15 Å². The number of phosphoric acid groups is 1. The third-order valence-electron chi connectivity index (χ3n) is 0.547. The minimum Gasteiger partial charge on any atom is -0.382 e. The van der Waals surface area contributed by atoms with E-state index in [-0.39, 0.29) is 19.4 Å². The van der Waals surface area contributed by atoms with Crippen LogP contribution >= 0.6 is 7.82 Å². The van der Waals surface area contributed by atoms with Crippen LogP contribution in [0.4, 0.5) is 0 Å². The highest BCUT2D eigenvalue weighted by molar-refractivity contribution is 7.46. The monoisotopic (exact) mass is 173 g/mol. The van der Waals surface area contributed by atoms with Gasteiger partial charge in [0.05, 0.1) is 13.2 Å². The zero-order chi connectivity index (χ0) is 7.33. The topological polar surface area (TPSA) is 111 Å². The van der Waals surface area contributed by atoms with Gasteiger partial charge in [0.15, 0.2) is 0 Å². The molecule has 0 aromatic carbocycles. The van der Waals surface area contributed by atoms with Gasteiger partial charge in [-0.05, 0) is 0 Å². The Balaban J connectivity index is 0. The number of ether oxygens (including phenoxy) is 1. The first-order valence-electron chi connectivity index (χ1n) is 2.25. The average Bonchev–Trinajstić information content (AvgIpc) is 1.63. The molecule has 6 nitrogen and oxygen atoms in total. The molecule has 0 fully saturated rings. The minimum atomic E-state index is -4.28. The maximum atomic E-state index is 9.92. The Kier molecular flexibility index (Phi) is 7.34. The van der Waals surface area contributed by atoms with Crippen molar-refractivity contribution in [2.75, 3.05) is 20.3 Å². The second kappa shape index (κ2) is 5.79. The van der Waals surface area contributed by atoms with Gasteiger partial charge in [0.25, 0.3) is 0 Å². The number of hydrogen-bond donors (Lipinski definition) is 3. The first-order valence-corrected chi connectivity index (χ1v) is 3.78. The molecule has 0 aromatic heterocycles. The van der Waals surface area contributed by atoms with Crippen LogP contribution in [0.15, 0.2) is 0 Å². The molecule has 7 heteroatoms. The maximum absolute atomic E-state index is 9.92. The van der Waals surface area contributed by atoms with E-state index in [1.165, 1.54) is 7.11 Å². The predicted molar refractivity (Wildman–Crippen MR) is 34.9 cm³/mol. The molecule has 0 spiro atoms. The molecule has 0 radical (unpaired) electrons. The van der Waals surface area contributed by atoms with Crippen molar-refractivity contribution >= 4 is 7.82 Å². The molecular weight excluding hydrogens is 161 g/mol. The molecule has 0 aliphatic rings. The molecule has 64 valence electrons. The van der Waals surface area contributed by atoms with Gasteiger partial charge >= 0.3 is 7.82 Å². The van der Waals surface area contributed by atoms with Gasteiger partial charge < -0.3 is 20.7 Å². The molecule has 0 amide bonds. The molecule has 0 unspecified atom stereocenters. The standard InChI is InChI=1S/C3H9O5P.H3N/c1-7-2-3-8-9(4,5)6;/h2-3H2,1H3,(H2,4,5,6);1H3. The summed E-state index contributed by atoms with van der Waals surface area (Å²) in [6.45, 7) is 0.103. The molecule has 0 aliphatic heterocycles. The van der Waals surface area contributed by atoms with Crippen molar-refractivity contribution in [2.24, 2.45) is 0 Å². The minimum absolute atomic E-state index is 0.